The lowest BCUT2D eigenvalue weighted by Crippen LogP contribution is -2.49. The second kappa shape index (κ2) is 6.13. The fraction of sp³-hybridized carbons (Fsp3) is 0.333. The summed E-state index contributed by atoms with van der Waals surface area (Å²) in [7, 11) is 0. The summed E-state index contributed by atoms with van der Waals surface area (Å²) in [4.78, 5) is 22.4. The van der Waals surface area contributed by atoms with Crippen LogP contribution < -0.4 is 5.73 Å². The molecule has 0 aromatic heterocycles. The van der Waals surface area contributed by atoms with Gasteiger partial charge in [-0.25, -0.2) is 9.59 Å². The summed E-state index contributed by atoms with van der Waals surface area (Å²) in [6, 6.07) is 8.75. The third kappa shape index (κ3) is 3.28. The van der Waals surface area contributed by atoms with Crippen LogP contribution in [0.15, 0.2) is 30.3 Å². The minimum Gasteiger partial charge on any atom is -0.479 e. The van der Waals surface area contributed by atoms with E-state index in [4.69, 9.17) is 15.6 Å². The highest BCUT2D eigenvalue weighted by Crippen LogP contribution is 2.14. The molecule has 4 N–H and O–H groups in total. The van der Waals surface area contributed by atoms with E-state index in [9.17, 15) is 14.7 Å². The van der Waals surface area contributed by atoms with Crippen LogP contribution in [0.1, 0.15) is 12.0 Å². The molecule has 1 aromatic carbocycles. The number of benzene rings is 1. The van der Waals surface area contributed by atoms with Crippen LogP contribution in [0.2, 0.25) is 0 Å². The van der Waals surface area contributed by atoms with E-state index in [0.717, 1.165) is 0 Å². The van der Waals surface area contributed by atoms with Crippen molar-refractivity contribution >= 4 is 11.9 Å². The van der Waals surface area contributed by atoms with E-state index < -0.39 is 24.0 Å². The van der Waals surface area contributed by atoms with Crippen molar-refractivity contribution in [2.75, 3.05) is 6.54 Å². The number of hydrogen-bond acceptors (Lipinski definition) is 5. The average molecular weight is 253 g/mol. The van der Waals surface area contributed by atoms with Crippen molar-refractivity contribution in [3.63, 3.8) is 0 Å². The average Bonchev–Trinajstić information content (AvgIpc) is 2.37. The van der Waals surface area contributed by atoms with Gasteiger partial charge in [0, 0.05) is 6.42 Å². The molecule has 6 nitrogen and oxygen atoms in total. The van der Waals surface area contributed by atoms with Gasteiger partial charge < -0.3 is 20.7 Å². The van der Waals surface area contributed by atoms with Crippen molar-refractivity contribution in [2.24, 2.45) is 5.73 Å². The molecule has 0 saturated heterocycles. The van der Waals surface area contributed by atoms with Crippen LogP contribution in [0, 0.1) is 0 Å². The van der Waals surface area contributed by atoms with E-state index in [1.165, 1.54) is 0 Å². The number of esters is 1. The van der Waals surface area contributed by atoms with Crippen LogP contribution in [0.25, 0.3) is 0 Å². The predicted molar refractivity (Wildman–Crippen MR) is 62.5 cm³/mol. The molecule has 0 fully saturated rings. The molecule has 1 atom stereocenters. The molecule has 98 valence electrons. The maximum Gasteiger partial charge on any atom is 0.350 e. The number of aliphatic carboxylic acids is 1. The monoisotopic (exact) mass is 253 g/mol. The highest BCUT2D eigenvalue weighted by atomic mass is 16.6. The molecule has 1 unspecified atom stereocenters. The van der Waals surface area contributed by atoms with Gasteiger partial charge in [0.2, 0.25) is 0 Å². The number of carboxylic acids is 1. The summed E-state index contributed by atoms with van der Waals surface area (Å²) < 4.78 is 4.78. The zero-order valence-corrected chi connectivity index (χ0v) is 9.70. The van der Waals surface area contributed by atoms with Gasteiger partial charge in [-0.15, -0.1) is 0 Å². The fourth-order valence-electron chi connectivity index (χ4n) is 1.35. The van der Waals surface area contributed by atoms with Gasteiger partial charge in [-0.1, -0.05) is 30.3 Å². The Morgan fingerprint density at radius 1 is 1.28 bits per heavy atom. The molecule has 0 heterocycles. The zero-order chi connectivity index (χ0) is 13.6. The Kier molecular flexibility index (Phi) is 4.82. The molecule has 0 bridgehead atoms. The number of carboxylic acid groups (broad SMARTS) is 1. The summed E-state index contributed by atoms with van der Waals surface area (Å²) >= 11 is 0. The minimum atomic E-state index is -2.58. The van der Waals surface area contributed by atoms with Crippen LogP contribution in [0.4, 0.5) is 0 Å². The molecular formula is C12H15NO5. The second-order valence-electron chi connectivity index (χ2n) is 3.77. The highest BCUT2D eigenvalue weighted by molar-refractivity contribution is 6.02. The number of aliphatic hydroxyl groups is 1. The normalized spacial score (nSPS) is 13.7. The van der Waals surface area contributed by atoms with Gasteiger partial charge in [-0.3, -0.25) is 0 Å². The SMILES string of the molecule is NCCC(O)(C(=O)O)C(=O)OCc1ccccc1. The van der Waals surface area contributed by atoms with Gasteiger partial charge in [0.05, 0.1) is 0 Å². The van der Waals surface area contributed by atoms with Crippen LogP contribution in [-0.2, 0) is 20.9 Å². The van der Waals surface area contributed by atoms with Crippen molar-refractivity contribution < 1.29 is 24.5 Å². The van der Waals surface area contributed by atoms with Gasteiger partial charge in [-0.2, -0.15) is 0 Å². The fourth-order valence-corrected chi connectivity index (χ4v) is 1.35. The summed E-state index contributed by atoms with van der Waals surface area (Å²) in [5.74, 6) is -2.87. The quantitative estimate of drug-likeness (QED) is 0.482. The maximum atomic E-state index is 11.6. The van der Waals surface area contributed by atoms with E-state index >= 15 is 0 Å². The highest BCUT2D eigenvalue weighted by Gasteiger charge is 2.45. The molecule has 0 aliphatic heterocycles. The van der Waals surface area contributed by atoms with E-state index in [2.05, 4.69) is 0 Å². The number of carbonyl (C=O) groups is 2. The van der Waals surface area contributed by atoms with Crippen LogP contribution in [0.5, 0.6) is 0 Å². The third-order valence-electron chi connectivity index (χ3n) is 2.41. The van der Waals surface area contributed by atoms with Gasteiger partial charge in [0.15, 0.2) is 0 Å². The van der Waals surface area contributed by atoms with Crippen molar-refractivity contribution in [3.8, 4) is 0 Å². The molecule has 0 aliphatic rings. The Morgan fingerprint density at radius 3 is 2.39 bits per heavy atom. The summed E-state index contributed by atoms with van der Waals surface area (Å²) in [5.41, 5.74) is 3.29. The Morgan fingerprint density at radius 2 is 1.89 bits per heavy atom. The van der Waals surface area contributed by atoms with E-state index in [1.54, 1.807) is 30.3 Å². The summed E-state index contributed by atoms with van der Waals surface area (Å²) in [5, 5.41) is 18.5. The summed E-state index contributed by atoms with van der Waals surface area (Å²) in [6.07, 6.45) is -0.393. The second-order valence-corrected chi connectivity index (χ2v) is 3.77. The molecular weight excluding hydrogens is 238 g/mol. The topological polar surface area (TPSA) is 110 Å². The molecule has 0 saturated carbocycles. The Bertz CT molecular complexity index is 420. The first-order chi connectivity index (χ1) is 8.50. The largest absolute Gasteiger partial charge is 0.479 e. The first-order valence-corrected chi connectivity index (χ1v) is 5.37. The van der Waals surface area contributed by atoms with Gasteiger partial charge in [-0.05, 0) is 12.1 Å². The number of rotatable bonds is 6. The molecule has 0 spiro atoms. The molecule has 0 amide bonds. The number of carbonyl (C=O) groups excluding carboxylic acids is 1. The van der Waals surface area contributed by atoms with E-state index in [0.29, 0.717) is 5.56 Å². The lowest BCUT2D eigenvalue weighted by atomic mass is 10.0. The van der Waals surface area contributed by atoms with Crippen molar-refractivity contribution in [1.82, 2.24) is 0 Å². The summed E-state index contributed by atoms with van der Waals surface area (Å²) in [6.45, 7) is -0.233. The van der Waals surface area contributed by atoms with Crippen molar-refractivity contribution in [2.45, 2.75) is 18.6 Å². The lowest BCUT2D eigenvalue weighted by molar-refractivity contribution is -0.181. The standard InChI is InChI=1S/C12H15NO5/c13-7-6-12(17,10(14)15)11(16)18-8-9-4-2-1-3-5-9/h1-5,17H,6-8,13H2,(H,14,15). The zero-order valence-electron chi connectivity index (χ0n) is 9.70. The molecule has 1 rings (SSSR count). The van der Waals surface area contributed by atoms with Gasteiger partial charge in [0.1, 0.15) is 6.61 Å². The number of nitrogens with two attached hydrogens (primary N) is 1. The van der Waals surface area contributed by atoms with Crippen LogP contribution in [-0.4, -0.2) is 34.3 Å². The Labute approximate surface area is 104 Å². The molecule has 6 heteroatoms. The molecule has 1 aromatic rings. The van der Waals surface area contributed by atoms with Crippen molar-refractivity contribution in [1.29, 1.82) is 0 Å². The minimum absolute atomic E-state index is 0.0974. The first kappa shape index (κ1) is 14.1. The Balaban J connectivity index is 2.66. The number of hydrogen-bond donors (Lipinski definition) is 3. The van der Waals surface area contributed by atoms with Crippen molar-refractivity contribution in [3.05, 3.63) is 35.9 Å². The van der Waals surface area contributed by atoms with E-state index in [1.807, 2.05) is 0 Å². The Hall–Kier alpha value is -1.92. The smallest absolute Gasteiger partial charge is 0.350 e. The van der Waals surface area contributed by atoms with E-state index in [-0.39, 0.29) is 13.2 Å². The van der Waals surface area contributed by atoms with Gasteiger partial charge in [0.25, 0.3) is 5.60 Å². The molecule has 0 radical (unpaired) electrons. The third-order valence-corrected chi connectivity index (χ3v) is 2.41. The molecule has 0 aliphatic carbocycles. The lowest BCUT2D eigenvalue weighted by Gasteiger charge is -2.20. The first-order valence-electron chi connectivity index (χ1n) is 5.37. The van der Waals surface area contributed by atoms with Gasteiger partial charge >= 0.3 is 11.9 Å². The number of ether oxygens (including phenoxy) is 1. The molecule has 18 heavy (non-hydrogen) atoms. The van der Waals surface area contributed by atoms with Crippen LogP contribution in [0.3, 0.4) is 0 Å². The maximum absolute atomic E-state index is 11.6. The van der Waals surface area contributed by atoms with Crippen LogP contribution >= 0.6 is 0 Å². The predicted octanol–water partition coefficient (Wildman–Crippen LogP) is -0.106.